The largest absolute Gasteiger partial charge is 0.465 e. The van der Waals surface area contributed by atoms with Crippen LogP contribution in [-0.4, -0.2) is 69.8 Å². The van der Waals surface area contributed by atoms with Crippen molar-refractivity contribution >= 4 is 17.7 Å². The minimum atomic E-state index is -0.897. The van der Waals surface area contributed by atoms with Gasteiger partial charge in [0.15, 0.2) is 0 Å². The number of carbonyl (C=O) groups is 1. The van der Waals surface area contributed by atoms with Gasteiger partial charge in [0.1, 0.15) is 0 Å². The molecule has 1 saturated heterocycles. The molecule has 0 spiro atoms. The lowest BCUT2D eigenvalue weighted by atomic mass is 9.94. The van der Waals surface area contributed by atoms with E-state index in [0.29, 0.717) is 38.9 Å². The highest BCUT2D eigenvalue weighted by Crippen LogP contribution is 2.24. The molecule has 6 heteroatoms. The summed E-state index contributed by atoms with van der Waals surface area (Å²) in [5, 5.41) is 19.7. The first-order valence-corrected chi connectivity index (χ1v) is 7.36. The molecule has 2 unspecified atom stereocenters. The number of nitrogens with zero attached hydrogens (tertiary/aromatic N) is 2. The van der Waals surface area contributed by atoms with Crippen LogP contribution < -0.4 is 0 Å². The number of amides is 1. The fraction of sp³-hybridized carbons (Fsp3) is 0.923. The van der Waals surface area contributed by atoms with Gasteiger partial charge in [0, 0.05) is 31.6 Å². The van der Waals surface area contributed by atoms with Crippen molar-refractivity contribution in [3.63, 3.8) is 0 Å². The average molecular weight is 293 g/mol. The SMILES string of the molecule is CCN(CC(C)Cl)CC1(O)CCCN(C(=O)O)CC1. The smallest absolute Gasteiger partial charge is 0.407 e. The Labute approximate surface area is 120 Å². The average Bonchev–Trinajstić information content (AvgIpc) is 2.50. The van der Waals surface area contributed by atoms with Crippen LogP contribution >= 0.6 is 11.6 Å². The second kappa shape index (κ2) is 7.31. The first-order chi connectivity index (χ1) is 8.86. The molecule has 0 radical (unpaired) electrons. The normalized spacial score (nSPS) is 26.3. The summed E-state index contributed by atoms with van der Waals surface area (Å²) in [5.41, 5.74) is -0.800. The van der Waals surface area contributed by atoms with E-state index >= 15 is 0 Å². The Bertz CT molecular complexity index is 302. The zero-order valence-corrected chi connectivity index (χ0v) is 12.6. The molecule has 0 aliphatic carbocycles. The van der Waals surface area contributed by atoms with Crippen molar-refractivity contribution in [3.8, 4) is 0 Å². The van der Waals surface area contributed by atoms with Crippen LogP contribution in [0.2, 0.25) is 0 Å². The van der Waals surface area contributed by atoms with Gasteiger partial charge in [0.2, 0.25) is 0 Å². The van der Waals surface area contributed by atoms with E-state index in [4.69, 9.17) is 16.7 Å². The van der Waals surface area contributed by atoms with Gasteiger partial charge in [-0.25, -0.2) is 4.79 Å². The Hall–Kier alpha value is -0.520. The molecule has 0 aromatic rings. The summed E-state index contributed by atoms with van der Waals surface area (Å²) >= 11 is 6.00. The second-order valence-corrected chi connectivity index (χ2v) is 6.20. The van der Waals surface area contributed by atoms with Crippen molar-refractivity contribution in [1.29, 1.82) is 0 Å². The predicted molar refractivity (Wildman–Crippen MR) is 75.8 cm³/mol. The quantitative estimate of drug-likeness (QED) is 0.759. The summed E-state index contributed by atoms with van der Waals surface area (Å²) in [6.45, 7) is 7.03. The van der Waals surface area contributed by atoms with Crippen molar-refractivity contribution < 1.29 is 15.0 Å². The van der Waals surface area contributed by atoms with Crippen LogP contribution in [0.1, 0.15) is 33.1 Å². The molecule has 112 valence electrons. The standard InChI is InChI=1S/C13H25ClN2O3/c1-3-15(9-11(2)14)10-13(19)5-4-7-16(8-6-13)12(17)18/h11,19H,3-10H2,1-2H3,(H,17,18). The van der Waals surface area contributed by atoms with Crippen molar-refractivity contribution in [2.24, 2.45) is 0 Å². The van der Waals surface area contributed by atoms with Crippen LogP contribution in [-0.2, 0) is 0 Å². The summed E-state index contributed by atoms with van der Waals surface area (Å²) in [5.74, 6) is 0. The Morgan fingerprint density at radius 2 is 2.16 bits per heavy atom. The summed E-state index contributed by atoms with van der Waals surface area (Å²) in [4.78, 5) is 14.5. The molecule has 0 aromatic heterocycles. The lowest BCUT2D eigenvalue weighted by molar-refractivity contribution is -0.00697. The molecule has 1 aliphatic heterocycles. The topological polar surface area (TPSA) is 64.0 Å². The van der Waals surface area contributed by atoms with Crippen molar-refractivity contribution in [2.75, 3.05) is 32.7 Å². The molecule has 5 nitrogen and oxygen atoms in total. The highest BCUT2D eigenvalue weighted by atomic mass is 35.5. The first kappa shape index (κ1) is 16.5. The number of halogens is 1. The number of likely N-dealkylation sites (tertiary alicyclic amines) is 1. The summed E-state index contributed by atoms with van der Waals surface area (Å²) in [6.07, 6.45) is 0.943. The highest BCUT2D eigenvalue weighted by molar-refractivity contribution is 6.20. The van der Waals surface area contributed by atoms with Crippen LogP contribution in [0.3, 0.4) is 0 Å². The zero-order chi connectivity index (χ0) is 14.5. The molecule has 0 aromatic carbocycles. The molecule has 1 rings (SSSR count). The molecule has 0 bridgehead atoms. The van der Waals surface area contributed by atoms with Gasteiger partial charge in [-0.1, -0.05) is 6.92 Å². The van der Waals surface area contributed by atoms with E-state index in [1.54, 1.807) is 0 Å². The van der Waals surface area contributed by atoms with Crippen LogP contribution in [0, 0.1) is 0 Å². The van der Waals surface area contributed by atoms with E-state index in [-0.39, 0.29) is 5.38 Å². The molecule has 1 heterocycles. The summed E-state index contributed by atoms with van der Waals surface area (Å²) in [7, 11) is 0. The van der Waals surface area contributed by atoms with Gasteiger partial charge in [-0.3, -0.25) is 4.90 Å². The van der Waals surface area contributed by atoms with Gasteiger partial charge in [-0.05, 0) is 32.7 Å². The Morgan fingerprint density at radius 1 is 1.47 bits per heavy atom. The molecule has 2 atom stereocenters. The predicted octanol–water partition coefficient (Wildman–Crippen LogP) is 1.83. The lowest BCUT2D eigenvalue weighted by Crippen LogP contribution is -2.45. The van der Waals surface area contributed by atoms with Gasteiger partial charge in [-0.15, -0.1) is 11.6 Å². The number of rotatable bonds is 5. The maximum Gasteiger partial charge on any atom is 0.407 e. The lowest BCUT2D eigenvalue weighted by Gasteiger charge is -2.33. The van der Waals surface area contributed by atoms with Gasteiger partial charge in [0.05, 0.1) is 5.60 Å². The third kappa shape index (κ3) is 5.55. The zero-order valence-electron chi connectivity index (χ0n) is 11.8. The van der Waals surface area contributed by atoms with Crippen LogP contribution in [0.25, 0.3) is 0 Å². The number of likely N-dealkylation sites (N-methyl/N-ethyl adjacent to an activating group) is 1. The van der Waals surface area contributed by atoms with Crippen molar-refractivity contribution in [1.82, 2.24) is 9.80 Å². The van der Waals surface area contributed by atoms with Crippen molar-refractivity contribution in [2.45, 2.75) is 44.1 Å². The van der Waals surface area contributed by atoms with E-state index in [9.17, 15) is 9.90 Å². The molecule has 1 amide bonds. The van der Waals surface area contributed by atoms with Gasteiger partial charge < -0.3 is 15.1 Å². The van der Waals surface area contributed by atoms with Gasteiger partial charge in [0.25, 0.3) is 0 Å². The van der Waals surface area contributed by atoms with E-state index < -0.39 is 11.7 Å². The number of hydrogen-bond donors (Lipinski definition) is 2. The van der Waals surface area contributed by atoms with Crippen LogP contribution in [0.4, 0.5) is 4.79 Å². The van der Waals surface area contributed by atoms with Gasteiger partial charge in [-0.2, -0.15) is 0 Å². The van der Waals surface area contributed by atoms with E-state index in [2.05, 4.69) is 4.90 Å². The summed E-state index contributed by atoms with van der Waals surface area (Å²) in [6, 6.07) is 0. The van der Waals surface area contributed by atoms with E-state index in [1.807, 2.05) is 13.8 Å². The molecule has 0 saturated carbocycles. The minimum absolute atomic E-state index is 0.0462. The third-order valence-corrected chi connectivity index (χ3v) is 3.80. The Morgan fingerprint density at radius 3 is 2.68 bits per heavy atom. The van der Waals surface area contributed by atoms with Crippen LogP contribution in [0.5, 0.6) is 0 Å². The first-order valence-electron chi connectivity index (χ1n) is 6.93. The highest BCUT2D eigenvalue weighted by Gasteiger charge is 2.33. The minimum Gasteiger partial charge on any atom is -0.465 e. The van der Waals surface area contributed by atoms with Gasteiger partial charge >= 0.3 is 6.09 Å². The maximum absolute atomic E-state index is 11.0. The molecular formula is C13H25ClN2O3. The van der Waals surface area contributed by atoms with E-state index in [0.717, 1.165) is 13.1 Å². The molecule has 19 heavy (non-hydrogen) atoms. The fourth-order valence-electron chi connectivity index (χ4n) is 2.61. The fourth-order valence-corrected chi connectivity index (χ4v) is 2.80. The third-order valence-electron chi connectivity index (χ3n) is 3.66. The number of alkyl halides is 1. The van der Waals surface area contributed by atoms with Crippen molar-refractivity contribution in [3.05, 3.63) is 0 Å². The van der Waals surface area contributed by atoms with E-state index in [1.165, 1.54) is 4.90 Å². The molecule has 1 fully saturated rings. The maximum atomic E-state index is 11.0. The molecule has 1 aliphatic rings. The number of aliphatic hydroxyl groups is 1. The number of carboxylic acid groups (broad SMARTS) is 1. The number of hydrogen-bond acceptors (Lipinski definition) is 3. The van der Waals surface area contributed by atoms with Crippen LogP contribution in [0.15, 0.2) is 0 Å². The Balaban J connectivity index is 2.57. The molecule has 2 N–H and O–H groups in total. The second-order valence-electron chi connectivity index (χ2n) is 5.46. The monoisotopic (exact) mass is 292 g/mol. The summed E-state index contributed by atoms with van der Waals surface area (Å²) < 4.78 is 0. The Kier molecular flexibility index (Phi) is 6.36. The molecular weight excluding hydrogens is 268 g/mol.